The lowest BCUT2D eigenvalue weighted by atomic mass is 10.0. The Balaban J connectivity index is -0.000000474. The topological polar surface area (TPSA) is 29.5 Å². The molecule has 0 aromatic heterocycles. The zero-order valence-corrected chi connectivity index (χ0v) is 21.1. The van der Waals surface area contributed by atoms with Crippen LogP contribution in [-0.4, -0.2) is 24.1 Å². The lowest BCUT2D eigenvalue weighted by Gasteiger charge is -2.20. The smallest absolute Gasteiger partial charge is 0.410 e. The van der Waals surface area contributed by atoms with E-state index in [1.54, 1.807) is 4.90 Å². The zero-order valence-electron chi connectivity index (χ0n) is 21.1. The standard InChI is InChI=1S/C14H21NO2.C8H18.2C2H6/c1-3-10-15(11-4-2)14(16)17-12-13-8-6-5-7-9-13;1-4-6-8(3)7-5-2;2*1-2/h5-9H,3-4,10-12H2,1-2H3;8H,4-7H2,1-3H3;2*1-2H3. The SMILES string of the molecule is CC.CC.CCCC(C)CCC.CCCN(CCC)C(=O)OCc1ccccc1. The predicted octanol–water partition coefficient (Wildman–Crippen LogP) is 8.72. The fraction of sp³-hybridized carbons (Fsp3) is 0.731. The maximum Gasteiger partial charge on any atom is 0.410 e. The van der Waals surface area contributed by atoms with Gasteiger partial charge in [0, 0.05) is 13.1 Å². The first-order valence-electron chi connectivity index (χ1n) is 12.0. The second-order valence-electron chi connectivity index (χ2n) is 6.71. The van der Waals surface area contributed by atoms with Crippen LogP contribution in [0.5, 0.6) is 0 Å². The summed E-state index contributed by atoms with van der Waals surface area (Å²) in [5, 5.41) is 0. The quantitative estimate of drug-likeness (QED) is 0.386. The predicted molar refractivity (Wildman–Crippen MR) is 130 cm³/mol. The molecule has 0 radical (unpaired) electrons. The van der Waals surface area contributed by atoms with E-state index in [-0.39, 0.29) is 6.09 Å². The van der Waals surface area contributed by atoms with Crippen molar-refractivity contribution in [2.24, 2.45) is 5.92 Å². The lowest BCUT2D eigenvalue weighted by Crippen LogP contribution is -2.32. The highest BCUT2D eigenvalue weighted by Gasteiger charge is 2.12. The number of carbonyl (C=O) groups excluding carboxylic acids is 1. The number of nitrogens with zero attached hydrogens (tertiary/aromatic N) is 1. The first kappa shape index (κ1) is 32.2. The summed E-state index contributed by atoms with van der Waals surface area (Å²) in [6.45, 7) is 20.9. The third kappa shape index (κ3) is 21.0. The van der Waals surface area contributed by atoms with Crippen LogP contribution in [0.2, 0.25) is 0 Å². The first-order valence-corrected chi connectivity index (χ1v) is 12.0. The second-order valence-corrected chi connectivity index (χ2v) is 6.71. The molecule has 3 nitrogen and oxygen atoms in total. The van der Waals surface area contributed by atoms with Crippen LogP contribution in [0.25, 0.3) is 0 Å². The number of carbonyl (C=O) groups is 1. The van der Waals surface area contributed by atoms with E-state index >= 15 is 0 Å². The molecule has 0 unspecified atom stereocenters. The fourth-order valence-electron chi connectivity index (χ4n) is 2.77. The van der Waals surface area contributed by atoms with Crippen LogP contribution in [0.15, 0.2) is 30.3 Å². The van der Waals surface area contributed by atoms with Crippen LogP contribution < -0.4 is 0 Å². The summed E-state index contributed by atoms with van der Waals surface area (Å²) in [6.07, 6.45) is 7.22. The summed E-state index contributed by atoms with van der Waals surface area (Å²) < 4.78 is 5.28. The van der Waals surface area contributed by atoms with Crippen molar-refractivity contribution >= 4 is 6.09 Å². The Hall–Kier alpha value is -1.51. The average molecular weight is 410 g/mol. The summed E-state index contributed by atoms with van der Waals surface area (Å²) in [5.74, 6) is 0.963. The molecule has 1 amide bonds. The van der Waals surface area contributed by atoms with Gasteiger partial charge in [0.2, 0.25) is 0 Å². The molecule has 1 aromatic carbocycles. The maximum atomic E-state index is 11.8. The third-order valence-corrected chi connectivity index (χ3v) is 4.01. The van der Waals surface area contributed by atoms with Gasteiger partial charge in [0.05, 0.1) is 0 Å². The summed E-state index contributed by atoms with van der Waals surface area (Å²) in [6, 6.07) is 9.75. The van der Waals surface area contributed by atoms with Crippen molar-refractivity contribution < 1.29 is 9.53 Å². The Morgan fingerprint density at radius 2 is 1.28 bits per heavy atom. The molecule has 0 fully saturated rings. The van der Waals surface area contributed by atoms with E-state index in [2.05, 4.69) is 34.6 Å². The average Bonchev–Trinajstić information content (AvgIpc) is 2.76. The van der Waals surface area contributed by atoms with Gasteiger partial charge in [-0.25, -0.2) is 4.79 Å². The molecule has 0 saturated carbocycles. The minimum absolute atomic E-state index is 0.211. The summed E-state index contributed by atoms with van der Waals surface area (Å²) in [4.78, 5) is 13.6. The molecule has 0 heterocycles. The highest BCUT2D eigenvalue weighted by Crippen LogP contribution is 2.10. The van der Waals surface area contributed by atoms with Gasteiger partial charge in [-0.1, -0.05) is 118 Å². The molecule has 29 heavy (non-hydrogen) atoms. The Kier molecular flexibility index (Phi) is 29.4. The van der Waals surface area contributed by atoms with Crippen LogP contribution in [0, 0.1) is 5.92 Å². The largest absolute Gasteiger partial charge is 0.445 e. The van der Waals surface area contributed by atoms with Gasteiger partial charge in [0.25, 0.3) is 0 Å². The molecular formula is C26H51NO2. The molecular weight excluding hydrogens is 358 g/mol. The van der Waals surface area contributed by atoms with E-state index in [1.807, 2.05) is 58.0 Å². The number of amides is 1. The van der Waals surface area contributed by atoms with Crippen LogP contribution >= 0.6 is 0 Å². The van der Waals surface area contributed by atoms with Crippen molar-refractivity contribution in [2.45, 2.75) is 107 Å². The normalized spacial score (nSPS) is 9.17. The van der Waals surface area contributed by atoms with Gasteiger partial charge in [0.1, 0.15) is 6.61 Å². The fourth-order valence-corrected chi connectivity index (χ4v) is 2.77. The van der Waals surface area contributed by atoms with Crippen molar-refractivity contribution in [2.75, 3.05) is 13.1 Å². The molecule has 0 aliphatic rings. The number of benzene rings is 1. The minimum atomic E-state index is -0.211. The molecule has 172 valence electrons. The molecule has 0 spiro atoms. The van der Waals surface area contributed by atoms with Crippen LogP contribution in [0.1, 0.15) is 106 Å². The molecule has 0 saturated heterocycles. The Morgan fingerprint density at radius 1 is 0.828 bits per heavy atom. The van der Waals surface area contributed by atoms with Crippen LogP contribution in [-0.2, 0) is 11.3 Å². The first-order chi connectivity index (χ1) is 14.1. The van der Waals surface area contributed by atoms with E-state index in [4.69, 9.17) is 4.74 Å². The highest BCUT2D eigenvalue weighted by atomic mass is 16.6. The van der Waals surface area contributed by atoms with Gasteiger partial charge >= 0.3 is 6.09 Å². The van der Waals surface area contributed by atoms with Gasteiger partial charge in [-0.15, -0.1) is 0 Å². The summed E-state index contributed by atoms with van der Waals surface area (Å²) >= 11 is 0. The van der Waals surface area contributed by atoms with Crippen molar-refractivity contribution in [3.63, 3.8) is 0 Å². The molecule has 0 aliphatic carbocycles. The van der Waals surface area contributed by atoms with Gasteiger partial charge < -0.3 is 9.64 Å². The van der Waals surface area contributed by atoms with Crippen molar-refractivity contribution in [3.05, 3.63) is 35.9 Å². The maximum absolute atomic E-state index is 11.8. The minimum Gasteiger partial charge on any atom is -0.445 e. The van der Waals surface area contributed by atoms with Gasteiger partial charge in [-0.2, -0.15) is 0 Å². The molecule has 1 rings (SSSR count). The lowest BCUT2D eigenvalue weighted by molar-refractivity contribution is 0.0961. The van der Waals surface area contributed by atoms with Crippen LogP contribution in [0.3, 0.4) is 0 Å². The molecule has 0 bridgehead atoms. The number of ether oxygens (including phenoxy) is 1. The number of rotatable bonds is 10. The van der Waals surface area contributed by atoms with E-state index in [0.717, 1.165) is 37.4 Å². The highest BCUT2D eigenvalue weighted by molar-refractivity contribution is 5.67. The Bertz CT molecular complexity index is 408. The van der Waals surface area contributed by atoms with Crippen LogP contribution in [0.4, 0.5) is 4.79 Å². The van der Waals surface area contributed by atoms with E-state index < -0.39 is 0 Å². The second kappa shape index (κ2) is 26.5. The van der Waals surface area contributed by atoms with Crippen molar-refractivity contribution in [1.82, 2.24) is 4.90 Å². The molecule has 1 aromatic rings. The van der Waals surface area contributed by atoms with Gasteiger partial charge in [-0.3, -0.25) is 0 Å². The van der Waals surface area contributed by atoms with E-state index in [0.29, 0.717) is 6.61 Å². The van der Waals surface area contributed by atoms with Gasteiger partial charge in [0.15, 0.2) is 0 Å². The Labute approximate surface area is 183 Å². The molecule has 0 N–H and O–H groups in total. The monoisotopic (exact) mass is 409 g/mol. The number of hydrogen-bond acceptors (Lipinski definition) is 2. The molecule has 0 atom stereocenters. The van der Waals surface area contributed by atoms with Crippen molar-refractivity contribution in [3.8, 4) is 0 Å². The Morgan fingerprint density at radius 3 is 1.66 bits per heavy atom. The van der Waals surface area contributed by atoms with E-state index in [1.165, 1.54) is 25.7 Å². The zero-order chi connectivity index (χ0) is 22.9. The van der Waals surface area contributed by atoms with Gasteiger partial charge in [-0.05, 0) is 24.3 Å². The number of hydrogen-bond donors (Lipinski definition) is 0. The summed E-state index contributed by atoms with van der Waals surface area (Å²) in [5.41, 5.74) is 1.02. The third-order valence-electron chi connectivity index (χ3n) is 4.01. The molecule has 0 aliphatic heterocycles. The van der Waals surface area contributed by atoms with Crippen molar-refractivity contribution in [1.29, 1.82) is 0 Å². The van der Waals surface area contributed by atoms with E-state index in [9.17, 15) is 4.79 Å². The summed E-state index contributed by atoms with van der Waals surface area (Å²) in [7, 11) is 0. The molecule has 3 heteroatoms.